The monoisotopic (exact) mass is 723 g/mol. The standard InChI is InChI=1S/C29H28AsN3O8.C4H6O3/c1-21(34)32-40-30(37,41-38)24-13-8-14-25(20-24)33-26(19-23-11-6-3-7-12-23)15-16-27(28(33)35)31-29(36)39-18-17-22-9-4-2-5-10-22;5-3-1-2-4(6)7/h2-16,20,38H,17-19H2,1H3,(H,31,36)(H,32,34);3H,1-2H2,(H,6,7). The molecular weight excluding hydrogens is 689 g/mol. The van der Waals surface area contributed by atoms with Crippen molar-refractivity contribution in [3.63, 3.8) is 0 Å². The predicted molar refractivity (Wildman–Crippen MR) is 174 cm³/mol. The Bertz CT molecular complexity index is 1800. The Balaban J connectivity index is 0.000000804. The van der Waals surface area contributed by atoms with Gasteiger partial charge in [-0.15, -0.1) is 0 Å². The first-order valence-corrected chi connectivity index (χ1v) is 17.7. The maximum atomic E-state index is 13.7. The average molecular weight is 724 g/mol. The van der Waals surface area contributed by atoms with Crippen LogP contribution in [0.1, 0.15) is 36.6 Å². The number of hydroxylamine groups is 1. The van der Waals surface area contributed by atoms with Gasteiger partial charge in [0.15, 0.2) is 0 Å². The van der Waals surface area contributed by atoms with Gasteiger partial charge in [-0.1, -0.05) is 30.3 Å². The molecule has 0 aliphatic heterocycles. The van der Waals surface area contributed by atoms with Crippen LogP contribution in [0.4, 0.5) is 10.5 Å². The number of amides is 2. The first-order valence-electron chi connectivity index (χ1n) is 14.5. The fraction of sp³-hybridized carbons (Fsp3) is 0.182. The number of aromatic nitrogens is 1. The number of nitrogens with one attached hydrogen (secondary N) is 2. The Morgan fingerprint density at radius 2 is 1.58 bits per heavy atom. The SMILES string of the molecule is CC(=O)NO[As](=O)(OO)c1cccc(-n2c(Cc3ccccc3)ccc(NC(=O)OCCc3ccccc3)c2=O)c1.O=CCCC(=O)O. The number of carbonyl (C=O) groups excluding carboxylic acids is 3. The summed E-state index contributed by atoms with van der Waals surface area (Å²) < 4.78 is 28.8. The van der Waals surface area contributed by atoms with Crippen molar-refractivity contribution in [3.05, 3.63) is 124 Å². The Hall–Kier alpha value is -5.27. The minimum Gasteiger partial charge on any atom is -0.481 e. The van der Waals surface area contributed by atoms with Crippen LogP contribution in [0.15, 0.2) is 102 Å². The molecule has 0 aliphatic carbocycles. The number of hydrogen-bond acceptors (Lipinski definition) is 10. The Kier molecular flexibility index (Phi) is 14.5. The van der Waals surface area contributed by atoms with Gasteiger partial charge in [0.25, 0.3) is 0 Å². The molecule has 1 heterocycles. The van der Waals surface area contributed by atoms with Crippen molar-refractivity contribution < 1.29 is 45.7 Å². The molecule has 3 aromatic carbocycles. The number of aldehydes is 1. The smallest absolute Gasteiger partial charge is 0.303 e. The number of carboxylic acids is 1. The fourth-order valence-corrected chi connectivity index (χ4v) is 6.36. The van der Waals surface area contributed by atoms with Crippen LogP contribution in [0.5, 0.6) is 0 Å². The molecule has 1 aromatic heterocycles. The average Bonchev–Trinajstić information content (AvgIpc) is 3.09. The molecule has 0 bridgehead atoms. The maximum absolute atomic E-state index is 13.7. The van der Waals surface area contributed by atoms with E-state index in [1.807, 2.05) is 66.1 Å². The topological polar surface area (TPSA) is 200 Å². The molecule has 4 rings (SSSR count). The number of ether oxygens (including phenoxy) is 1. The van der Waals surface area contributed by atoms with E-state index in [1.165, 1.54) is 28.8 Å². The summed E-state index contributed by atoms with van der Waals surface area (Å²) in [5.41, 5.74) is 4.02. The molecule has 4 aromatic rings. The second-order valence-corrected chi connectivity index (χ2v) is 13.9. The van der Waals surface area contributed by atoms with Crippen molar-refractivity contribution in [2.45, 2.75) is 32.6 Å². The van der Waals surface area contributed by atoms with E-state index >= 15 is 0 Å². The summed E-state index contributed by atoms with van der Waals surface area (Å²) in [4.78, 5) is 56.6. The van der Waals surface area contributed by atoms with Gasteiger partial charge < -0.3 is 9.90 Å². The minimum atomic E-state index is -5.16. The zero-order valence-corrected chi connectivity index (χ0v) is 27.7. The number of hydrogen-bond donors (Lipinski definition) is 4. The van der Waals surface area contributed by atoms with Gasteiger partial charge in [-0.3, -0.25) is 4.79 Å². The van der Waals surface area contributed by atoms with E-state index in [0.717, 1.165) is 18.1 Å². The Morgan fingerprint density at radius 3 is 2.17 bits per heavy atom. The van der Waals surface area contributed by atoms with Gasteiger partial charge in [0.1, 0.15) is 6.29 Å². The summed E-state index contributed by atoms with van der Waals surface area (Å²) in [5.74, 6) is -1.58. The van der Waals surface area contributed by atoms with Crippen molar-refractivity contribution in [2.75, 3.05) is 11.9 Å². The number of rotatable bonds is 14. The molecule has 0 saturated carbocycles. The molecule has 1 atom stereocenters. The molecule has 0 radical (unpaired) electrons. The summed E-state index contributed by atoms with van der Waals surface area (Å²) in [6.07, 6.45) is 0.729. The van der Waals surface area contributed by atoms with E-state index in [1.54, 1.807) is 12.1 Å². The molecule has 252 valence electrons. The Morgan fingerprint density at radius 1 is 0.917 bits per heavy atom. The normalized spacial score (nSPS) is 11.6. The van der Waals surface area contributed by atoms with E-state index in [2.05, 4.69) is 9.19 Å². The molecule has 4 N–H and O–H groups in total. The zero-order chi connectivity index (χ0) is 34.9. The molecule has 0 aliphatic rings. The number of aliphatic carboxylic acids is 1. The molecule has 2 amide bonds. The third kappa shape index (κ3) is 11.5. The summed E-state index contributed by atoms with van der Waals surface area (Å²) in [6.45, 7) is 1.25. The van der Waals surface area contributed by atoms with E-state index in [-0.39, 0.29) is 35.2 Å². The van der Waals surface area contributed by atoms with Crippen molar-refractivity contribution in [2.24, 2.45) is 0 Å². The molecule has 15 heteroatoms. The van der Waals surface area contributed by atoms with Crippen molar-refractivity contribution in [3.8, 4) is 5.69 Å². The number of pyridine rings is 1. The summed E-state index contributed by atoms with van der Waals surface area (Å²) in [5, 5.41) is 19.8. The maximum Gasteiger partial charge on any atom is 0.303 e. The number of carbonyl (C=O) groups is 4. The fourth-order valence-electron chi connectivity index (χ4n) is 4.18. The summed E-state index contributed by atoms with van der Waals surface area (Å²) in [7, 11) is 0. The van der Waals surface area contributed by atoms with E-state index < -0.39 is 37.7 Å². The third-order valence-corrected chi connectivity index (χ3v) is 9.45. The summed E-state index contributed by atoms with van der Waals surface area (Å²) in [6, 6.07) is 27.9. The molecule has 0 fully saturated rings. The van der Waals surface area contributed by atoms with Crippen LogP contribution in [0.25, 0.3) is 5.69 Å². The number of nitrogens with zero attached hydrogens (tertiary/aromatic N) is 1. The van der Waals surface area contributed by atoms with Crippen molar-refractivity contribution >= 4 is 48.5 Å². The van der Waals surface area contributed by atoms with Crippen molar-refractivity contribution in [1.29, 1.82) is 0 Å². The van der Waals surface area contributed by atoms with Gasteiger partial charge in [-0.25, -0.2) is 0 Å². The quantitative estimate of drug-likeness (QED) is 0.0644. The Labute approximate surface area is 278 Å². The molecule has 0 spiro atoms. The van der Waals surface area contributed by atoms with Crippen LogP contribution in [0, 0.1) is 0 Å². The molecule has 0 saturated heterocycles. The van der Waals surface area contributed by atoms with Gasteiger partial charge in [0, 0.05) is 6.42 Å². The van der Waals surface area contributed by atoms with Crippen LogP contribution in [0.3, 0.4) is 0 Å². The second-order valence-electron chi connectivity index (χ2n) is 9.99. The van der Waals surface area contributed by atoms with E-state index in [4.69, 9.17) is 13.7 Å². The van der Waals surface area contributed by atoms with Crippen LogP contribution < -0.4 is 20.7 Å². The van der Waals surface area contributed by atoms with Gasteiger partial charge in [0.05, 0.1) is 6.42 Å². The number of benzene rings is 3. The molecule has 48 heavy (non-hydrogen) atoms. The van der Waals surface area contributed by atoms with Gasteiger partial charge in [-0.05, 0) is 0 Å². The molecular formula is C33H34AsN3O11. The van der Waals surface area contributed by atoms with E-state index in [0.29, 0.717) is 24.8 Å². The van der Waals surface area contributed by atoms with Crippen molar-refractivity contribution in [1.82, 2.24) is 10.0 Å². The van der Waals surface area contributed by atoms with Crippen LogP contribution >= 0.6 is 0 Å². The van der Waals surface area contributed by atoms with Crippen LogP contribution in [0.2, 0.25) is 0 Å². The molecule has 1 unspecified atom stereocenters. The largest absolute Gasteiger partial charge is 0.481 e. The summed E-state index contributed by atoms with van der Waals surface area (Å²) >= 11 is -5.16. The molecule has 14 nitrogen and oxygen atoms in total. The van der Waals surface area contributed by atoms with Crippen LogP contribution in [-0.2, 0) is 43.4 Å². The predicted octanol–water partition coefficient (Wildman–Crippen LogP) is 3.40. The first kappa shape index (κ1) is 37.2. The zero-order valence-electron chi connectivity index (χ0n) is 25.8. The first-order chi connectivity index (χ1) is 23.1. The second kappa shape index (κ2) is 18.8. The third-order valence-electron chi connectivity index (χ3n) is 6.39. The van der Waals surface area contributed by atoms with Crippen LogP contribution in [-0.4, -0.2) is 60.0 Å². The van der Waals surface area contributed by atoms with Gasteiger partial charge in [-0.2, -0.15) is 0 Å². The van der Waals surface area contributed by atoms with Gasteiger partial charge >= 0.3 is 215 Å². The number of anilines is 1. The number of carboxylic acid groups (broad SMARTS) is 1. The van der Waals surface area contributed by atoms with E-state index in [9.17, 15) is 33.0 Å². The van der Waals surface area contributed by atoms with Gasteiger partial charge in [0.2, 0.25) is 0 Å². The minimum absolute atomic E-state index is 0.0432.